The average Bonchev–Trinajstić information content (AvgIpc) is 3.47. The van der Waals surface area contributed by atoms with Crippen molar-refractivity contribution in [3.05, 3.63) is 134 Å². The number of nitrogens with zero attached hydrogens (tertiary/aromatic N) is 2. The molecule has 0 aliphatic rings. The molecule has 0 atom stereocenters. The van der Waals surface area contributed by atoms with Gasteiger partial charge in [-0.2, -0.15) is 0 Å². The first-order chi connectivity index (χ1) is 21.3. The first-order valence-corrected chi connectivity index (χ1v) is 15.4. The van der Waals surface area contributed by atoms with Crippen LogP contribution in [-0.4, -0.2) is 9.97 Å². The summed E-state index contributed by atoms with van der Waals surface area (Å²) in [5.74, 6) is 0. The predicted octanol–water partition coefficient (Wildman–Crippen LogP) is 11.4. The van der Waals surface area contributed by atoms with Gasteiger partial charge in [0.25, 0.3) is 0 Å². The molecule has 2 nitrogen and oxygen atoms in total. The molecule has 10 rings (SSSR count). The summed E-state index contributed by atoms with van der Waals surface area (Å²) in [5.41, 5.74) is 6.36. The molecule has 3 heteroatoms. The van der Waals surface area contributed by atoms with Gasteiger partial charge in [-0.1, -0.05) is 97.1 Å². The summed E-state index contributed by atoms with van der Waals surface area (Å²) >= 11 is 1.88. The molecule has 0 saturated carbocycles. The first-order valence-electron chi connectivity index (χ1n) is 14.6. The second-order valence-electron chi connectivity index (χ2n) is 11.4. The molecule has 198 valence electrons. The smallest absolute Gasteiger partial charge is 0.0979 e. The zero-order valence-corrected chi connectivity index (χ0v) is 23.8. The standard InChI is InChI=1S/C40H22N2S/c1-3-10-31-28(8-1)29-9-2-4-11-32(29)40-39(31)41-22-34(42-40)25-18-16-23-15-17-24(19-27(23)20-25)33-21-26-7-5-13-35-37(26)38-30(33)12-6-14-36(38)43-35/h1-22H. The predicted molar refractivity (Wildman–Crippen MR) is 185 cm³/mol. The van der Waals surface area contributed by atoms with Gasteiger partial charge in [-0.25, -0.2) is 4.98 Å². The molecule has 10 aromatic rings. The van der Waals surface area contributed by atoms with Gasteiger partial charge in [0.2, 0.25) is 0 Å². The number of aromatic nitrogens is 2. The molecule has 0 spiro atoms. The third-order valence-electron chi connectivity index (χ3n) is 9.02. The summed E-state index contributed by atoms with van der Waals surface area (Å²) < 4.78 is 2.71. The van der Waals surface area contributed by atoms with Crippen LogP contribution in [0.2, 0.25) is 0 Å². The van der Waals surface area contributed by atoms with Crippen LogP contribution in [0.5, 0.6) is 0 Å². The molecule has 0 radical (unpaired) electrons. The monoisotopic (exact) mass is 562 g/mol. The highest BCUT2D eigenvalue weighted by molar-refractivity contribution is 7.26. The van der Waals surface area contributed by atoms with E-state index >= 15 is 0 Å². The Morgan fingerprint density at radius 1 is 0.442 bits per heavy atom. The molecule has 8 aromatic carbocycles. The Morgan fingerprint density at radius 2 is 1.09 bits per heavy atom. The van der Waals surface area contributed by atoms with Gasteiger partial charge < -0.3 is 0 Å². The SMILES string of the molecule is c1cc2cc(-c3ccc4ccc(-c5cnc6c7ccccc7c7ccccc7c6n5)cc4c3)c3cccc4sc(c1)c2c43. The maximum atomic E-state index is 5.24. The van der Waals surface area contributed by atoms with Gasteiger partial charge in [0, 0.05) is 36.5 Å². The summed E-state index contributed by atoms with van der Waals surface area (Å²) in [7, 11) is 0. The van der Waals surface area contributed by atoms with Gasteiger partial charge in [0.15, 0.2) is 0 Å². The third kappa shape index (κ3) is 3.28. The molecule has 2 heterocycles. The Morgan fingerprint density at radius 3 is 1.91 bits per heavy atom. The molecular weight excluding hydrogens is 541 g/mol. The van der Waals surface area contributed by atoms with Gasteiger partial charge in [-0.3, -0.25) is 4.98 Å². The highest BCUT2D eigenvalue weighted by Crippen LogP contribution is 2.45. The van der Waals surface area contributed by atoms with E-state index in [2.05, 4.69) is 127 Å². The molecule has 0 aliphatic carbocycles. The molecule has 0 aliphatic heterocycles. The third-order valence-corrected chi connectivity index (χ3v) is 10.1. The van der Waals surface area contributed by atoms with E-state index in [0.29, 0.717) is 0 Å². The van der Waals surface area contributed by atoms with Crippen molar-refractivity contribution in [2.45, 2.75) is 0 Å². The van der Waals surface area contributed by atoms with Gasteiger partial charge in [-0.15, -0.1) is 11.3 Å². The van der Waals surface area contributed by atoms with Crippen LogP contribution >= 0.6 is 11.3 Å². The molecule has 0 bridgehead atoms. The fourth-order valence-corrected chi connectivity index (χ4v) is 8.21. The van der Waals surface area contributed by atoms with Gasteiger partial charge in [-0.05, 0) is 73.8 Å². The van der Waals surface area contributed by atoms with Crippen LogP contribution in [0.15, 0.2) is 134 Å². The molecule has 2 aromatic heterocycles. The van der Waals surface area contributed by atoms with Crippen molar-refractivity contribution in [1.82, 2.24) is 9.97 Å². The quantitative estimate of drug-likeness (QED) is 0.196. The molecule has 0 N–H and O–H groups in total. The molecule has 0 saturated heterocycles. The minimum absolute atomic E-state index is 0.886. The van der Waals surface area contributed by atoms with E-state index in [-0.39, 0.29) is 0 Å². The van der Waals surface area contributed by atoms with Crippen molar-refractivity contribution < 1.29 is 0 Å². The Bertz CT molecular complexity index is 2700. The molecule has 0 unspecified atom stereocenters. The lowest BCUT2D eigenvalue weighted by Crippen LogP contribution is -1.92. The van der Waals surface area contributed by atoms with Crippen molar-refractivity contribution in [3.63, 3.8) is 0 Å². The minimum atomic E-state index is 0.886. The average molecular weight is 563 g/mol. The molecule has 43 heavy (non-hydrogen) atoms. The number of hydrogen-bond donors (Lipinski definition) is 0. The molecular formula is C40H22N2S. The highest BCUT2D eigenvalue weighted by Gasteiger charge is 2.16. The van der Waals surface area contributed by atoms with E-state index < -0.39 is 0 Å². The normalized spacial score (nSPS) is 12.2. The summed E-state index contributed by atoms with van der Waals surface area (Å²) in [6.45, 7) is 0. The Labute approximate surface area is 250 Å². The van der Waals surface area contributed by atoms with Gasteiger partial charge in [0.1, 0.15) is 0 Å². The number of thiophene rings is 1. The molecule has 0 fully saturated rings. The van der Waals surface area contributed by atoms with E-state index in [0.717, 1.165) is 33.1 Å². The van der Waals surface area contributed by atoms with Gasteiger partial charge >= 0.3 is 0 Å². The van der Waals surface area contributed by atoms with Crippen LogP contribution in [0, 0.1) is 0 Å². The Hall–Kier alpha value is -5.38. The lowest BCUT2D eigenvalue weighted by atomic mass is 9.92. The van der Waals surface area contributed by atoms with Crippen LogP contribution in [0.25, 0.3) is 96.7 Å². The maximum Gasteiger partial charge on any atom is 0.0979 e. The number of rotatable bonds is 2. The van der Waals surface area contributed by atoms with Crippen molar-refractivity contribution in [2.24, 2.45) is 0 Å². The van der Waals surface area contributed by atoms with E-state index in [1.807, 2.05) is 17.5 Å². The largest absolute Gasteiger partial charge is 0.252 e. The van der Waals surface area contributed by atoms with Gasteiger partial charge in [0.05, 0.1) is 22.9 Å². The minimum Gasteiger partial charge on any atom is -0.252 e. The topological polar surface area (TPSA) is 25.8 Å². The van der Waals surface area contributed by atoms with Crippen LogP contribution in [0.4, 0.5) is 0 Å². The van der Waals surface area contributed by atoms with Crippen LogP contribution in [0.3, 0.4) is 0 Å². The van der Waals surface area contributed by atoms with E-state index in [1.54, 1.807) is 0 Å². The van der Waals surface area contributed by atoms with Crippen molar-refractivity contribution >= 4 is 85.6 Å². The number of benzene rings is 8. The fraction of sp³-hybridized carbons (Fsp3) is 0. The Balaban J connectivity index is 1.17. The first kappa shape index (κ1) is 23.2. The second kappa shape index (κ2) is 8.57. The number of fused-ring (bicyclic) bond motifs is 7. The van der Waals surface area contributed by atoms with Crippen LogP contribution in [-0.2, 0) is 0 Å². The summed E-state index contributed by atoms with van der Waals surface area (Å²) in [5, 5.41) is 12.5. The van der Waals surface area contributed by atoms with Crippen LogP contribution in [0.1, 0.15) is 0 Å². The van der Waals surface area contributed by atoms with Crippen molar-refractivity contribution in [2.75, 3.05) is 0 Å². The highest BCUT2D eigenvalue weighted by atomic mass is 32.1. The second-order valence-corrected chi connectivity index (χ2v) is 12.5. The lowest BCUT2D eigenvalue weighted by molar-refractivity contribution is 1.31. The lowest BCUT2D eigenvalue weighted by Gasteiger charge is -2.12. The van der Waals surface area contributed by atoms with Crippen molar-refractivity contribution in [3.8, 4) is 22.4 Å². The maximum absolute atomic E-state index is 5.24. The van der Waals surface area contributed by atoms with Crippen LogP contribution < -0.4 is 0 Å². The fourth-order valence-electron chi connectivity index (χ4n) is 7.05. The Kier molecular flexibility index (Phi) is 4.63. The van der Waals surface area contributed by atoms with E-state index in [1.165, 1.54) is 63.6 Å². The summed E-state index contributed by atoms with van der Waals surface area (Å²) in [6.07, 6.45) is 1.93. The number of hydrogen-bond acceptors (Lipinski definition) is 3. The van der Waals surface area contributed by atoms with E-state index in [4.69, 9.17) is 9.97 Å². The van der Waals surface area contributed by atoms with Crippen molar-refractivity contribution in [1.29, 1.82) is 0 Å². The summed E-state index contributed by atoms with van der Waals surface area (Å²) in [4.78, 5) is 10.2. The zero-order valence-electron chi connectivity index (χ0n) is 23.0. The summed E-state index contributed by atoms with van der Waals surface area (Å²) in [6, 6.07) is 46.2. The zero-order chi connectivity index (χ0) is 28.1. The van der Waals surface area contributed by atoms with E-state index in [9.17, 15) is 0 Å². The molecule has 0 amide bonds.